The first-order valence-electron chi connectivity index (χ1n) is 5.89. The van der Waals surface area contributed by atoms with Crippen molar-refractivity contribution in [1.82, 2.24) is 0 Å². The molecule has 0 aliphatic carbocycles. The maximum absolute atomic E-state index is 12.1. The SMILES string of the molecule is COc1cccc(C(=O)C(=O)c2ccc(C#N)cc2)c1. The minimum Gasteiger partial charge on any atom is -0.497 e. The molecular formula is C16H11NO3. The van der Waals surface area contributed by atoms with Gasteiger partial charge < -0.3 is 4.74 Å². The van der Waals surface area contributed by atoms with Crippen molar-refractivity contribution in [2.75, 3.05) is 7.11 Å². The largest absolute Gasteiger partial charge is 0.497 e. The number of nitriles is 1. The number of ether oxygens (including phenoxy) is 1. The lowest BCUT2D eigenvalue weighted by Crippen LogP contribution is -2.14. The Labute approximate surface area is 116 Å². The monoisotopic (exact) mass is 265 g/mol. The van der Waals surface area contributed by atoms with E-state index < -0.39 is 11.6 Å². The zero-order valence-electron chi connectivity index (χ0n) is 10.8. The van der Waals surface area contributed by atoms with Crippen LogP contribution in [0.1, 0.15) is 26.3 Å². The molecule has 2 rings (SSSR count). The van der Waals surface area contributed by atoms with Gasteiger partial charge in [-0.3, -0.25) is 9.59 Å². The van der Waals surface area contributed by atoms with E-state index in [1.165, 1.54) is 37.4 Å². The van der Waals surface area contributed by atoms with Gasteiger partial charge >= 0.3 is 0 Å². The van der Waals surface area contributed by atoms with Gasteiger partial charge in [-0.15, -0.1) is 0 Å². The lowest BCUT2D eigenvalue weighted by molar-refractivity contribution is 0.0817. The van der Waals surface area contributed by atoms with Gasteiger partial charge in [-0.1, -0.05) is 12.1 Å². The molecule has 4 heteroatoms. The maximum Gasteiger partial charge on any atom is 0.233 e. The summed E-state index contributed by atoms with van der Waals surface area (Å²) < 4.78 is 5.02. The molecule has 0 radical (unpaired) electrons. The highest BCUT2D eigenvalue weighted by Crippen LogP contribution is 2.15. The predicted molar refractivity (Wildman–Crippen MR) is 72.8 cm³/mol. The van der Waals surface area contributed by atoms with Crippen LogP contribution in [0.15, 0.2) is 48.5 Å². The van der Waals surface area contributed by atoms with E-state index in [1.807, 2.05) is 6.07 Å². The van der Waals surface area contributed by atoms with Crippen LogP contribution in [0, 0.1) is 11.3 Å². The van der Waals surface area contributed by atoms with Crippen molar-refractivity contribution >= 4 is 11.6 Å². The first-order chi connectivity index (χ1) is 9.65. The molecule has 0 N–H and O–H groups in total. The summed E-state index contributed by atoms with van der Waals surface area (Å²) in [6, 6.07) is 14.3. The first-order valence-corrected chi connectivity index (χ1v) is 5.89. The summed E-state index contributed by atoms with van der Waals surface area (Å²) in [6.45, 7) is 0. The summed E-state index contributed by atoms with van der Waals surface area (Å²) >= 11 is 0. The summed E-state index contributed by atoms with van der Waals surface area (Å²) in [5.41, 5.74) is 0.978. The predicted octanol–water partition coefficient (Wildman–Crippen LogP) is 2.63. The van der Waals surface area contributed by atoms with E-state index in [4.69, 9.17) is 10.00 Å². The van der Waals surface area contributed by atoms with Crippen molar-refractivity contribution in [3.05, 3.63) is 65.2 Å². The summed E-state index contributed by atoms with van der Waals surface area (Å²) in [4.78, 5) is 24.2. The molecule has 20 heavy (non-hydrogen) atoms. The average molecular weight is 265 g/mol. The van der Waals surface area contributed by atoms with Gasteiger partial charge in [0.15, 0.2) is 0 Å². The fourth-order valence-corrected chi connectivity index (χ4v) is 1.72. The Balaban J connectivity index is 2.27. The van der Waals surface area contributed by atoms with E-state index in [-0.39, 0.29) is 11.1 Å². The number of benzene rings is 2. The zero-order valence-corrected chi connectivity index (χ0v) is 10.8. The average Bonchev–Trinajstić information content (AvgIpc) is 2.53. The van der Waals surface area contributed by atoms with Gasteiger partial charge in [0.25, 0.3) is 0 Å². The number of nitrogens with zero attached hydrogens (tertiary/aromatic N) is 1. The minimum atomic E-state index is -0.609. The Morgan fingerprint density at radius 3 is 2.25 bits per heavy atom. The van der Waals surface area contributed by atoms with Crippen LogP contribution in [0.4, 0.5) is 0 Å². The zero-order chi connectivity index (χ0) is 14.5. The Bertz CT molecular complexity index is 696. The van der Waals surface area contributed by atoms with Crippen LogP contribution >= 0.6 is 0 Å². The number of hydrogen-bond acceptors (Lipinski definition) is 4. The third-order valence-electron chi connectivity index (χ3n) is 2.81. The molecule has 2 aromatic rings. The van der Waals surface area contributed by atoms with Crippen LogP contribution in [0.25, 0.3) is 0 Å². The minimum absolute atomic E-state index is 0.261. The molecule has 0 atom stereocenters. The molecule has 0 aliphatic rings. The summed E-state index contributed by atoms with van der Waals surface area (Å²) in [5, 5.41) is 8.70. The fraction of sp³-hybridized carbons (Fsp3) is 0.0625. The van der Waals surface area contributed by atoms with Gasteiger partial charge in [0.2, 0.25) is 11.6 Å². The van der Waals surface area contributed by atoms with Gasteiger partial charge in [0.1, 0.15) is 5.75 Å². The van der Waals surface area contributed by atoms with Gasteiger partial charge in [-0.2, -0.15) is 5.26 Å². The quantitative estimate of drug-likeness (QED) is 0.629. The number of ketones is 2. The van der Waals surface area contributed by atoms with Crippen molar-refractivity contribution < 1.29 is 14.3 Å². The van der Waals surface area contributed by atoms with Gasteiger partial charge in [-0.25, -0.2) is 0 Å². The first kappa shape index (κ1) is 13.5. The van der Waals surface area contributed by atoms with E-state index in [9.17, 15) is 9.59 Å². The van der Waals surface area contributed by atoms with Crippen LogP contribution in [-0.4, -0.2) is 18.7 Å². The summed E-state index contributed by atoms with van der Waals surface area (Å²) in [7, 11) is 1.49. The van der Waals surface area contributed by atoms with E-state index in [0.717, 1.165) is 0 Å². The lowest BCUT2D eigenvalue weighted by Gasteiger charge is -2.03. The van der Waals surface area contributed by atoms with Gasteiger partial charge in [-0.05, 0) is 36.4 Å². The normalized spacial score (nSPS) is 9.60. The summed E-state index contributed by atoms with van der Waals surface area (Å²) in [5.74, 6) is -0.695. The standard InChI is InChI=1S/C16H11NO3/c1-20-14-4-2-3-13(9-14)16(19)15(18)12-7-5-11(10-17)6-8-12/h2-9H,1H3. The molecule has 0 bridgehead atoms. The number of hydrogen-bond donors (Lipinski definition) is 0. The van der Waals surface area contributed by atoms with Crippen molar-refractivity contribution in [2.45, 2.75) is 0 Å². The highest BCUT2D eigenvalue weighted by atomic mass is 16.5. The van der Waals surface area contributed by atoms with E-state index in [1.54, 1.807) is 18.2 Å². The highest BCUT2D eigenvalue weighted by molar-refractivity contribution is 6.49. The maximum atomic E-state index is 12.1. The molecule has 0 saturated carbocycles. The third-order valence-corrected chi connectivity index (χ3v) is 2.81. The van der Waals surface area contributed by atoms with E-state index in [2.05, 4.69) is 0 Å². The highest BCUT2D eigenvalue weighted by Gasteiger charge is 2.18. The van der Waals surface area contributed by atoms with Gasteiger partial charge in [0, 0.05) is 11.1 Å². The number of carbonyl (C=O) groups excluding carboxylic acids is 2. The van der Waals surface area contributed by atoms with Crippen LogP contribution in [-0.2, 0) is 0 Å². The second-order valence-corrected chi connectivity index (χ2v) is 4.08. The molecule has 0 fully saturated rings. The summed E-state index contributed by atoms with van der Waals surface area (Å²) in [6.07, 6.45) is 0. The lowest BCUT2D eigenvalue weighted by atomic mass is 10.0. The molecule has 98 valence electrons. The molecule has 0 spiro atoms. The van der Waals surface area contributed by atoms with Crippen molar-refractivity contribution in [2.24, 2.45) is 0 Å². The second-order valence-electron chi connectivity index (χ2n) is 4.08. The number of carbonyl (C=O) groups is 2. The second kappa shape index (κ2) is 5.81. The molecule has 4 nitrogen and oxygen atoms in total. The Morgan fingerprint density at radius 1 is 1.00 bits per heavy atom. The third kappa shape index (κ3) is 2.73. The van der Waals surface area contributed by atoms with Crippen LogP contribution in [0.5, 0.6) is 5.75 Å². The topological polar surface area (TPSA) is 67.2 Å². The van der Waals surface area contributed by atoms with E-state index >= 15 is 0 Å². The van der Waals surface area contributed by atoms with E-state index in [0.29, 0.717) is 11.3 Å². The van der Waals surface area contributed by atoms with Gasteiger partial charge in [0.05, 0.1) is 18.7 Å². The smallest absolute Gasteiger partial charge is 0.233 e. The van der Waals surface area contributed by atoms with Crippen LogP contribution in [0.2, 0.25) is 0 Å². The van der Waals surface area contributed by atoms with Crippen LogP contribution in [0.3, 0.4) is 0 Å². The molecule has 0 aromatic heterocycles. The molecule has 0 unspecified atom stereocenters. The number of rotatable bonds is 4. The Hall–Kier alpha value is -2.93. The van der Waals surface area contributed by atoms with Crippen molar-refractivity contribution in [3.63, 3.8) is 0 Å². The molecule has 0 heterocycles. The molecular weight excluding hydrogens is 254 g/mol. The van der Waals surface area contributed by atoms with Crippen molar-refractivity contribution in [3.8, 4) is 11.8 Å². The number of Topliss-reactive ketones (excluding diaryl/α,β-unsaturated/α-hetero) is 2. The Kier molecular flexibility index (Phi) is 3.92. The Morgan fingerprint density at radius 2 is 1.65 bits per heavy atom. The number of methoxy groups -OCH3 is 1. The molecule has 0 saturated heterocycles. The molecule has 0 aliphatic heterocycles. The van der Waals surface area contributed by atoms with Crippen molar-refractivity contribution in [1.29, 1.82) is 5.26 Å². The molecule has 0 amide bonds. The fourth-order valence-electron chi connectivity index (χ4n) is 1.72. The van der Waals surface area contributed by atoms with Crippen LogP contribution < -0.4 is 4.74 Å². The molecule has 2 aromatic carbocycles.